The molecule has 1 fully saturated rings. The highest BCUT2D eigenvalue weighted by Crippen LogP contribution is 2.30. The van der Waals surface area contributed by atoms with Gasteiger partial charge in [0, 0.05) is 37.8 Å². The predicted octanol–water partition coefficient (Wildman–Crippen LogP) is 4.22. The van der Waals surface area contributed by atoms with Gasteiger partial charge in [-0.3, -0.25) is 9.58 Å². The third-order valence-electron chi connectivity index (χ3n) is 5.77. The maximum absolute atomic E-state index is 6.62. The molecule has 2 aromatic heterocycles. The molecule has 1 aliphatic heterocycles. The van der Waals surface area contributed by atoms with Crippen LogP contribution in [-0.4, -0.2) is 45.5 Å². The molecule has 1 aliphatic rings. The Labute approximate surface area is 183 Å². The molecular formula is C23H30ClN5O. The van der Waals surface area contributed by atoms with Gasteiger partial charge >= 0.3 is 0 Å². The van der Waals surface area contributed by atoms with Crippen molar-refractivity contribution >= 4 is 11.6 Å². The lowest BCUT2D eigenvalue weighted by molar-refractivity contribution is 0.251. The van der Waals surface area contributed by atoms with Crippen molar-refractivity contribution in [2.24, 2.45) is 7.05 Å². The predicted molar refractivity (Wildman–Crippen MR) is 120 cm³/mol. The van der Waals surface area contributed by atoms with Crippen LogP contribution in [0.25, 0.3) is 11.4 Å². The summed E-state index contributed by atoms with van der Waals surface area (Å²) >= 11 is 6.62. The quantitative estimate of drug-likeness (QED) is 0.611. The van der Waals surface area contributed by atoms with Gasteiger partial charge in [0.2, 0.25) is 0 Å². The molecular weight excluding hydrogens is 398 g/mol. The maximum atomic E-state index is 6.62. The Balaban J connectivity index is 1.41. The molecule has 7 heteroatoms. The molecule has 4 rings (SSSR count). The van der Waals surface area contributed by atoms with Crippen molar-refractivity contribution in [3.63, 3.8) is 0 Å². The number of rotatable bonds is 7. The minimum atomic E-state index is 0.490. The van der Waals surface area contributed by atoms with E-state index in [1.807, 2.05) is 20.0 Å². The van der Waals surface area contributed by atoms with Crippen LogP contribution in [0, 0.1) is 6.92 Å². The molecule has 1 saturated heterocycles. The number of hydrogen-bond acceptors (Lipinski definition) is 5. The summed E-state index contributed by atoms with van der Waals surface area (Å²) in [6, 6.07) is 13.1. The van der Waals surface area contributed by atoms with E-state index in [0.29, 0.717) is 11.2 Å². The second-order valence-corrected chi connectivity index (χ2v) is 8.54. The Bertz CT molecular complexity index is 952. The van der Waals surface area contributed by atoms with Gasteiger partial charge in [-0.1, -0.05) is 53.5 Å². The van der Waals surface area contributed by atoms with Crippen LogP contribution < -0.4 is 5.32 Å². The van der Waals surface area contributed by atoms with Crippen molar-refractivity contribution in [3.05, 3.63) is 58.4 Å². The average Bonchev–Trinajstić information content (AvgIpc) is 3.20. The number of nitrogens with one attached hydrogen (secondary N) is 1. The minimum absolute atomic E-state index is 0.490. The molecule has 0 radical (unpaired) electrons. The number of hydrogen-bond donors (Lipinski definition) is 1. The zero-order valence-corrected chi connectivity index (χ0v) is 18.5. The van der Waals surface area contributed by atoms with E-state index in [1.54, 1.807) is 4.68 Å². The molecule has 1 N–H and O–H groups in total. The first kappa shape index (κ1) is 21.1. The van der Waals surface area contributed by atoms with Crippen molar-refractivity contribution in [1.82, 2.24) is 25.2 Å². The fourth-order valence-electron chi connectivity index (χ4n) is 4.19. The van der Waals surface area contributed by atoms with Gasteiger partial charge in [0.25, 0.3) is 0 Å². The third-order valence-corrected chi connectivity index (χ3v) is 6.24. The first-order valence-corrected chi connectivity index (χ1v) is 11.1. The van der Waals surface area contributed by atoms with E-state index in [0.717, 1.165) is 55.3 Å². The first-order valence-electron chi connectivity index (χ1n) is 10.7. The van der Waals surface area contributed by atoms with Gasteiger partial charge in [-0.25, -0.2) is 0 Å². The van der Waals surface area contributed by atoms with Crippen LogP contribution in [0.5, 0.6) is 0 Å². The standard InChI is InChI=1S/C23H30ClN5O/c1-17-14-21(27-30-17)22-20(23(24)28(2)26-22)16-29-13-7-6-10-19(15-29)25-12-11-18-8-4-3-5-9-18/h3-5,8-9,14,19,25H,6-7,10-13,15-16H2,1-2H3. The summed E-state index contributed by atoms with van der Waals surface area (Å²) in [5.74, 6) is 0.773. The Morgan fingerprint density at radius 3 is 2.83 bits per heavy atom. The van der Waals surface area contributed by atoms with Gasteiger partial charge in [-0.05, 0) is 44.8 Å². The highest BCUT2D eigenvalue weighted by Gasteiger charge is 2.24. The molecule has 1 aromatic carbocycles. The fraction of sp³-hybridized carbons (Fsp3) is 0.478. The Hall–Kier alpha value is -2.15. The van der Waals surface area contributed by atoms with Gasteiger partial charge in [-0.15, -0.1) is 0 Å². The molecule has 0 bridgehead atoms. The monoisotopic (exact) mass is 427 g/mol. The number of aromatic nitrogens is 3. The molecule has 0 amide bonds. The number of aryl methyl sites for hydroxylation is 2. The van der Waals surface area contributed by atoms with Crippen LogP contribution in [-0.2, 0) is 20.0 Å². The molecule has 30 heavy (non-hydrogen) atoms. The zero-order valence-electron chi connectivity index (χ0n) is 17.8. The van der Waals surface area contributed by atoms with E-state index in [1.165, 1.54) is 24.8 Å². The van der Waals surface area contributed by atoms with E-state index in [9.17, 15) is 0 Å². The number of halogens is 1. The molecule has 0 spiro atoms. The van der Waals surface area contributed by atoms with Gasteiger partial charge < -0.3 is 9.84 Å². The fourth-order valence-corrected chi connectivity index (χ4v) is 4.38. The number of likely N-dealkylation sites (tertiary alicyclic amines) is 1. The Morgan fingerprint density at radius 1 is 1.23 bits per heavy atom. The van der Waals surface area contributed by atoms with Crippen LogP contribution >= 0.6 is 11.6 Å². The highest BCUT2D eigenvalue weighted by atomic mass is 35.5. The first-order chi connectivity index (χ1) is 14.6. The smallest absolute Gasteiger partial charge is 0.134 e. The van der Waals surface area contributed by atoms with Crippen molar-refractivity contribution in [1.29, 1.82) is 0 Å². The summed E-state index contributed by atoms with van der Waals surface area (Å²) in [6.45, 7) is 5.74. The van der Waals surface area contributed by atoms with Crippen molar-refractivity contribution in [2.75, 3.05) is 19.6 Å². The minimum Gasteiger partial charge on any atom is -0.361 e. The second kappa shape index (κ2) is 9.77. The van der Waals surface area contributed by atoms with Crippen LogP contribution in [0.4, 0.5) is 0 Å². The number of nitrogens with zero attached hydrogens (tertiary/aromatic N) is 4. The van der Waals surface area contributed by atoms with Gasteiger partial charge in [-0.2, -0.15) is 5.10 Å². The summed E-state index contributed by atoms with van der Waals surface area (Å²) in [5.41, 5.74) is 3.97. The Morgan fingerprint density at radius 2 is 2.07 bits per heavy atom. The highest BCUT2D eigenvalue weighted by molar-refractivity contribution is 6.30. The SMILES string of the molecule is Cc1cc(-c2nn(C)c(Cl)c2CN2CCCCC(NCCc3ccccc3)C2)no1. The molecule has 1 unspecified atom stereocenters. The van der Waals surface area contributed by atoms with Crippen LogP contribution in [0.1, 0.15) is 36.1 Å². The van der Waals surface area contributed by atoms with Gasteiger partial charge in [0.05, 0.1) is 0 Å². The van der Waals surface area contributed by atoms with Crippen molar-refractivity contribution in [3.8, 4) is 11.4 Å². The van der Waals surface area contributed by atoms with E-state index < -0.39 is 0 Å². The molecule has 1 atom stereocenters. The molecule has 160 valence electrons. The van der Waals surface area contributed by atoms with Crippen LogP contribution in [0.3, 0.4) is 0 Å². The zero-order chi connectivity index (χ0) is 20.9. The van der Waals surface area contributed by atoms with Gasteiger partial charge in [0.1, 0.15) is 22.3 Å². The lowest BCUT2D eigenvalue weighted by atomic mass is 10.1. The number of benzene rings is 1. The topological polar surface area (TPSA) is 59.1 Å². The third kappa shape index (κ3) is 5.12. The largest absolute Gasteiger partial charge is 0.361 e. The normalized spacial score (nSPS) is 17.9. The lowest BCUT2D eigenvalue weighted by Crippen LogP contribution is -2.40. The summed E-state index contributed by atoms with van der Waals surface area (Å²) < 4.78 is 6.99. The van der Waals surface area contributed by atoms with E-state index in [4.69, 9.17) is 16.1 Å². The van der Waals surface area contributed by atoms with E-state index >= 15 is 0 Å². The summed E-state index contributed by atoms with van der Waals surface area (Å²) in [4.78, 5) is 2.49. The summed E-state index contributed by atoms with van der Waals surface area (Å²) in [6.07, 6.45) is 4.71. The summed E-state index contributed by atoms with van der Waals surface area (Å²) in [5, 5.41) is 13.2. The Kier molecular flexibility index (Phi) is 6.87. The molecule has 6 nitrogen and oxygen atoms in total. The summed E-state index contributed by atoms with van der Waals surface area (Å²) in [7, 11) is 1.87. The molecule has 0 aliphatic carbocycles. The lowest BCUT2D eigenvalue weighted by Gasteiger charge is -2.25. The molecule has 0 saturated carbocycles. The van der Waals surface area contributed by atoms with Crippen LogP contribution in [0.2, 0.25) is 5.15 Å². The maximum Gasteiger partial charge on any atom is 0.134 e. The van der Waals surface area contributed by atoms with E-state index in [2.05, 4.69) is 50.8 Å². The average molecular weight is 428 g/mol. The van der Waals surface area contributed by atoms with Gasteiger partial charge in [0.15, 0.2) is 0 Å². The van der Waals surface area contributed by atoms with Crippen molar-refractivity contribution < 1.29 is 4.52 Å². The second-order valence-electron chi connectivity index (χ2n) is 8.18. The molecule has 3 heterocycles. The van der Waals surface area contributed by atoms with Crippen molar-refractivity contribution in [2.45, 2.75) is 45.2 Å². The molecule has 3 aromatic rings. The van der Waals surface area contributed by atoms with E-state index in [-0.39, 0.29) is 0 Å². The van der Waals surface area contributed by atoms with Crippen LogP contribution in [0.15, 0.2) is 40.9 Å².